The maximum Gasteiger partial charge on any atom is 0.305 e. The monoisotopic (exact) mass is 368 g/mol. The largest absolute Gasteiger partial charge is 0.481 e. The Hall–Kier alpha value is -1.89. The van der Waals surface area contributed by atoms with Crippen LogP contribution < -0.4 is 0 Å². The SMILES string of the molecule is CC(=O)N1CCN(Cc2cccc(Br)c2)C(=O)C1CC(=O)O. The Balaban J connectivity index is 2.16. The Bertz CT molecular complexity index is 605. The summed E-state index contributed by atoms with van der Waals surface area (Å²) >= 11 is 3.38. The summed E-state index contributed by atoms with van der Waals surface area (Å²) < 4.78 is 0.918. The lowest BCUT2D eigenvalue weighted by atomic mass is 10.1. The molecule has 7 heteroatoms. The second-order valence-corrected chi connectivity index (χ2v) is 6.13. The summed E-state index contributed by atoms with van der Waals surface area (Å²) in [5, 5.41) is 8.98. The summed E-state index contributed by atoms with van der Waals surface area (Å²) in [4.78, 5) is 38.0. The molecule has 1 aliphatic rings. The van der Waals surface area contributed by atoms with Crippen LogP contribution in [0.5, 0.6) is 0 Å². The quantitative estimate of drug-likeness (QED) is 0.872. The number of amides is 2. The Labute approximate surface area is 136 Å². The van der Waals surface area contributed by atoms with E-state index in [-0.39, 0.29) is 18.2 Å². The van der Waals surface area contributed by atoms with Crippen molar-refractivity contribution in [1.82, 2.24) is 9.80 Å². The number of rotatable bonds is 4. The third kappa shape index (κ3) is 3.85. The highest BCUT2D eigenvalue weighted by atomic mass is 79.9. The van der Waals surface area contributed by atoms with Gasteiger partial charge < -0.3 is 14.9 Å². The van der Waals surface area contributed by atoms with E-state index in [0.717, 1.165) is 10.0 Å². The molecule has 0 aromatic heterocycles. The van der Waals surface area contributed by atoms with Crippen LogP contribution in [0, 0.1) is 0 Å². The number of carboxylic acid groups (broad SMARTS) is 1. The molecule has 1 saturated heterocycles. The molecule has 1 atom stereocenters. The third-order valence-electron chi connectivity index (χ3n) is 3.62. The molecule has 1 fully saturated rings. The van der Waals surface area contributed by atoms with Crippen molar-refractivity contribution in [1.29, 1.82) is 0 Å². The maximum absolute atomic E-state index is 12.5. The van der Waals surface area contributed by atoms with Crippen molar-refractivity contribution in [3.8, 4) is 0 Å². The molecular weight excluding hydrogens is 352 g/mol. The van der Waals surface area contributed by atoms with Crippen molar-refractivity contribution in [2.45, 2.75) is 25.9 Å². The second-order valence-electron chi connectivity index (χ2n) is 5.22. The van der Waals surface area contributed by atoms with Gasteiger partial charge >= 0.3 is 5.97 Å². The molecule has 0 bridgehead atoms. The lowest BCUT2D eigenvalue weighted by molar-refractivity contribution is -0.155. The normalized spacial score (nSPS) is 18.5. The van der Waals surface area contributed by atoms with E-state index in [1.54, 1.807) is 4.90 Å². The highest BCUT2D eigenvalue weighted by molar-refractivity contribution is 9.10. The van der Waals surface area contributed by atoms with Gasteiger partial charge in [0.15, 0.2) is 0 Å². The molecule has 1 aliphatic heterocycles. The molecule has 2 rings (SSSR count). The Morgan fingerprint density at radius 1 is 1.36 bits per heavy atom. The number of hydrogen-bond donors (Lipinski definition) is 1. The van der Waals surface area contributed by atoms with Crippen LogP contribution in [-0.2, 0) is 20.9 Å². The van der Waals surface area contributed by atoms with E-state index in [1.165, 1.54) is 11.8 Å². The van der Waals surface area contributed by atoms with Gasteiger partial charge in [0, 0.05) is 31.0 Å². The van der Waals surface area contributed by atoms with Gasteiger partial charge in [0.1, 0.15) is 6.04 Å². The van der Waals surface area contributed by atoms with Crippen LogP contribution in [0.25, 0.3) is 0 Å². The van der Waals surface area contributed by atoms with Crippen LogP contribution >= 0.6 is 15.9 Å². The van der Waals surface area contributed by atoms with Gasteiger partial charge in [-0.3, -0.25) is 14.4 Å². The average molecular weight is 369 g/mol. The van der Waals surface area contributed by atoms with Crippen molar-refractivity contribution < 1.29 is 19.5 Å². The molecule has 0 spiro atoms. The van der Waals surface area contributed by atoms with Gasteiger partial charge in [0.05, 0.1) is 6.42 Å². The van der Waals surface area contributed by atoms with E-state index >= 15 is 0 Å². The van der Waals surface area contributed by atoms with E-state index in [1.807, 2.05) is 24.3 Å². The van der Waals surface area contributed by atoms with Crippen LogP contribution in [0.4, 0.5) is 0 Å². The van der Waals surface area contributed by atoms with E-state index in [9.17, 15) is 14.4 Å². The fraction of sp³-hybridized carbons (Fsp3) is 0.400. The predicted molar refractivity (Wildman–Crippen MR) is 83.0 cm³/mol. The summed E-state index contributed by atoms with van der Waals surface area (Å²) in [6.07, 6.45) is -0.368. The summed E-state index contributed by atoms with van der Waals surface area (Å²) in [5.41, 5.74) is 0.952. The maximum atomic E-state index is 12.5. The van der Waals surface area contributed by atoms with Gasteiger partial charge in [0.25, 0.3) is 0 Å². The van der Waals surface area contributed by atoms with Gasteiger partial charge in [-0.15, -0.1) is 0 Å². The van der Waals surface area contributed by atoms with Crippen LogP contribution in [0.2, 0.25) is 0 Å². The fourth-order valence-electron chi connectivity index (χ4n) is 2.59. The molecule has 2 amide bonds. The molecule has 118 valence electrons. The minimum absolute atomic E-state index is 0.276. The van der Waals surface area contributed by atoms with Crippen LogP contribution in [0.3, 0.4) is 0 Å². The lowest BCUT2D eigenvalue weighted by Crippen LogP contribution is -2.58. The van der Waals surface area contributed by atoms with Gasteiger partial charge in [0.2, 0.25) is 11.8 Å². The number of aliphatic carboxylic acids is 1. The average Bonchev–Trinajstić information content (AvgIpc) is 2.42. The van der Waals surface area contributed by atoms with Crippen molar-refractivity contribution in [2.75, 3.05) is 13.1 Å². The number of carbonyl (C=O) groups is 3. The molecular formula is C15H17BrN2O4. The number of carboxylic acids is 1. The number of carbonyl (C=O) groups excluding carboxylic acids is 2. The highest BCUT2D eigenvalue weighted by Crippen LogP contribution is 2.19. The molecule has 6 nitrogen and oxygen atoms in total. The van der Waals surface area contributed by atoms with E-state index in [0.29, 0.717) is 19.6 Å². The molecule has 0 aliphatic carbocycles. The van der Waals surface area contributed by atoms with Crippen LogP contribution in [0.1, 0.15) is 18.9 Å². The number of halogens is 1. The number of benzene rings is 1. The highest BCUT2D eigenvalue weighted by Gasteiger charge is 2.37. The second kappa shape index (κ2) is 6.91. The molecule has 1 N–H and O–H groups in total. The van der Waals surface area contributed by atoms with Gasteiger partial charge in [-0.25, -0.2) is 0 Å². The van der Waals surface area contributed by atoms with E-state index < -0.39 is 12.0 Å². The van der Waals surface area contributed by atoms with Crippen LogP contribution in [-0.4, -0.2) is 51.8 Å². The molecule has 1 aromatic rings. The number of nitrogens with zero attached hydrogens (tertiary/aromatic N) is 2. The first-order valence-corrected chi connectivity index (χ1v) is 7.70. The van der Waals surface area contributed by atoms with E-state index in [2.05, 4.69) is 15.9 Å². The van der Waals surface area contributed by atoms with Crippen molar-refractivity contribution in [3.05, 3.63) is 34.3 Å². The van der Waals surface area contributed by atoms with E-state index in [4.69, 9.17) is 5.11 Å². The van der Waals surface area contributed by atoms with Gasteiger partial charge in [-0.1, -0.05) is 28.1 Å². The number of piperazine rings is 1. The molecule has 0 saturated carbocycles. The Morgan fingerprint density at radius 2 is 2.09 bits per heavy atom. The predicted octanol–water partition coefficient (Wildman–Crippen LogP) is 1.48. The molecule has 1 aromatic carbocycles. The number of hydrogen-bond acceptors (Lipinski definition) is 3. The van der Waals surface area contributed by atoms with Gasteiger partial charge in [-0.2, -0.15) is 0 Å². The standard InChI is InChI=1S/C15H17BrN2O4/c1-10(19)18-6-5-17(15(22)13(18)8-14(20)21)9-11-3-2-4-12(16)7-11/h2-4,7,13H,5-6,8-9H2,1H3,(H,20,21). The summed E-state index contributed by atoms with van der Waals surface area (Å²) in [6, 6.07) is 6.67. The third-order valence-corrected chi connectivity index (χ3v) is 4.11. The minimum Gasteiger partial charge on any atom is -0.481 e. The lowest BCUT2D eigenvalue weighted by Gasteiger charge is -2.39. The summed E-state index contributed by atoms with van der Waals surface area (Å²) in [7, 11) is 0. The van der Waals surface area contributed by atoms with Crippen LogP contribution in [0.15, 0.2) is 28.7 Å². The Morgan fingerprint density at radius 3 is 2.68 bits per heavy atom. The zero-order chi connectivity index (χ0) is 16.3. The topological polar surface area (TPSA) is 77.9 Å². The first kappa shape index (κ1) is 16.5. The molecule has 1 heterocycles. The molecule has 1 unspecified atom stereocenters. The minimum atomic E-state index is -1.09. The fourth-order valence-corrected chi connectivity index (χ4v) is 3.04. The van der Waals surface area contributed by atoms with Crippen molar-refractivity contribution in [3.63, 3.8) is 0 Å². The summed E-state index contributed by atoms with van der Waals surface area (Å²) in [5.74, 6) is -1.68. The van der Waals surface area contributed by atoms with Crippen molar-refractivity contribution in [2.24, 2.45) is 0 Å². The first-order valence-electron chi connectivity index (χ1n) is 6.90. The zero-order valence-electron chi connectivity index (χ0n) is 12.2. The molecule has 0 radical (unpaired) electrons. The smallest absolute Gasteiger partial charge is 0.305 e. The Kier molecular flexibility index (Phi) is 5.18. The summed E-state index contributed by atoms with van der Waals surface area (Å²) in [6.45, 7) is 2.51. The van der Waals surface area contributed by atoms with Crippen molar-refractivity contribution >= 4 is 33.7 Å². The molecule has 22 heavy (non-hydrogen) atoms. The zero-order valence-corrected chi connectivity index (χ0v) is 13.7. The first-order chi connectivity index (χ1) is 10.4. The van der Waals surface area contributed by atoms with Gasteiger partial charge in [-0.05, 0) is 17.7 Å².